The van der Waals surface area contributed by atoms with Crippen LogP contribution in [0.25, 0.3) is 0 Å². The molecule has 0 aromatic heterocycles. The molecule has 0 unspecified atom stereocenters. The molecule has 216 valence electrons. The minimum Gasteiger partial charge on any atom is -0.447 e. The van der Waals surface area contributed by atoms with Crippen molar-refractivity contribution in [3.8, 4) is 0 Å². The number of thioether (sulfide) groups is 1. The number of hydrogen-bond donors (Lipinski definition) is 4. The number of carbonyl (C=O) groups is 3. The molecule has 1 heterocycles. The number of nitrogens with two attached hydrogens (primary N) is 1. The molecule has 1 saturated heterocycles. The number of likely N-dealkylation sites (tertiary alicyclic amines) is 1. The summed E-state index contributed by atoms with van der Waals surface area (Å²) in [6, 6.07) is 8.20. The van der Waals surface area contributed by atoms with Gasteiger partial charge in [-0.1, -0.05) is 49.6 Å². The van der Waals surface area contributed by atoms with Crippen LogP contribution in [0.15, 0.2) is 30.3 Å². The molecule has 1 aliphatic heterocycles. The second-order valence-corrected chi connectivity index (χ2v) is 13.2. The summed E-state index contributed by atoms with van der Waals surface area (Å²) in [5.74, 6) is 0.0311. The SMILES string of the molecule is CC(C)OC(=O)N[C@@H](C(=O)N1C[C@H](C(=N)N)C[C@H]1C(=O)NCC1CCCCC1)C(C)(C)SCc1ccccc1. The lowest BCUT2D eigenvalue weighted by molar-refractivity contribution is -0.140. The third kappa shape index (κ3) is 8.88. The second kappa shape index (κ2) is 14.1. The maximum absolute atomic E-state index is 14.2. The first-order valence-electron chi connectivity index (χ1n) is 14.0. The van der Waals surface area contributed by atoms with E-state index in [4.69, 9.17) is 15.9 Å². The van der Waals surface area contributed by atoms with Crippen LogP contribution in [0.1, 0.15) is 71.8 Å². The highest BCUT2D eigenvalue weighted by molar-refractivity contribution is 7.99. The van der Waals surface area contributed by atoms with E-state index in [1.54, 1.807) is 25.6 Å². The van der Waals surface area contributed by atoms with Gasteiger partial charge in [0.1, 0.15) is 12.1 Å². The van der Waals surface area contributed by atoms with Gasteiger partial charge in [-0.05, 0) is 58.4 Å². The first-order chi connectivity index (χ1) is 18.5. The van der Waals surface area contributed by atoms with Gasteiger partial charge in [0.2, 0.25) is 11.8 Å². The number of nitrogens with one attached hydrogen (secondary N) is 3. The molecule has 3 atom stereocenters. The smallest absolute Gasteiger partial charge is 0.408 e. The molecule has 2 fully saturated rings. The van der Waals surface area contributed by atoms with Crippen molar-refractivity contribution in [2.24, 2.45) is 17.6 Å². The van der Waals surface area contributed by atoms with Crippen LogP contribution in [-0.4, -0.2) is 64.7 Å². The number of carbonyl (C=O) groups excluding carboxylic acids is 3. The molecule has 10 heteroatoms. The van der Waals surface area contributed by atoms with Gasteiger partial charge in [0.15, 0.2) is 0 Å². The van der Waals surface area contributed by atoms with Gasteiger partial charge in [0, 0.05) is 29.5 Å². The van der Waals surface area contributed by atoms with Gasteiger partial charge in [-0.3, -0.25) is 15.0 Å². The van der Waals surface area contributed by atoms with Crippen molar-refractivity contribution in [2.45, 2.75) is 94.9 Å². The third-order valence-electron chi connectivity index (χ3n) is 7.62. The molecule has 0 radical (unpaired) electrons. The van der Waals surface area contributed by atoms with Gasteiger partial charge < -0.3 is 26.0 Å². The van der Waals surface area contributed by atoms with E-state index in [0.29, 0.717) is 24.6 Å². The summed E-state index contributed by atoms with van der Waals surface area (Å²) in [4.78, 5) is 41.8. The van der Waals surface area contributed by atoms with Crippen molar-refractivity contribution >= 4 is 35.5 Å². The average molecular weight is 560 g/mol. The van der Waals surface area contributed by atoms with Crippen LogP contribution in [0.5, 0.6) is 0 Å². The zero-order valence-corrected chi connectivity index (χ0v) is 24.5. The van der Waals surface area contributed by atoms with Crippen LogP contribution in [-0.2, 0) is 20.1 Å². The first kappa shape index (κ1) is 30.8. The molecule has 1 aromatic rings. The van der Waals surface area contributed by atoms with Crippen LogP contribution in [0.2, 0.25) is 0 Å². The van der Waals surface area contributed by atoms with Crippen molar-refractivity contribution < 1.29 is 19.1 Å². The van der Waals surface area contributed by atoms with Crippen LogP contribution in [0, 0.1) is 17.2 Å². The highest BCUT2D eigenvalue weighted by Gasteiger charge is 2.47. The van der Waals surface area contributed by atoms with E-state index in [1.165, 1.54) is 24.2 Å². The Kier molecular flexibility index (Phi) is 11.1. The largest absolute Gasteiger partial charge is 0.447 e. The van der Waals surface area contributed by atoms with E-state index in [9.17, 15) is 14.4 Å². The van der Waals surface area contributed by atoms with Crippen molar-refractivity contribution in [1.82, 2.24) is 15.5 Å². The predicted octanol–water partition coefficient (Wildman–Crippen LogP) is 4.05. The van der Waals surface area contributed by atoms with Crippen molar-refractivity contribution in [1.29, 1.82) is 5.41 Å². The average Bonchev–Trinajstić information content (AvgIpc) is 3.36. The molecule has 0 bridgehead atoms. The van der Waals surface area contributed by atoms with Gasteiger partial charge in [-0.25, -0.2) is 4.79 Å². The molecule has 1 aliphatic carbocycles. The number of rotatable bonds is 11. The molecule has 2 aliphatic rings. The Hall–Kier alpha value is -2.75. The lowest BCUT2D eigenvalue weighted by Gasteiger charge is -2.37. The van der Waals surface area contributed by atoms with E-state index in [-0.39, 0.29) is 30.3 Å². The Morgan fingerprint density at radius 1 is 1.15 bits per heavy atom. The Bertz CT molecular complexity index is 997. The van der Waals surface area contributed by atoms with Crippen LogP contribution >= 0.6 is 11.8 Å². The summed E-state index contributed by atoms with van der Waals surface area (Å²) < 4.78 is 4.59. The minimum absolute atomic E-state index is 0.0446. The quantitative estimate of drug-likeness (QED) is 0.238. The molecule has 1 aromatic carbocycles. The van der Waals surface area contributed by atoms with Crippen LogP contribution in [0.4, 0.5) is 4.79 Å². The summed E-state index contributed by atoms with van der Waals surface area (Å²) in [5, 5.41) is 13.9. The normalized spacial score (nSPS) is 20.9. The number of amides is 3. The topological polar surface area (TPSA) is 138 Å². The van der Waals surface area contributed by atoms with E-state index in [0.717, 1.165) is 18.4 Å². The van der Waals surface area contributed by atoms with Crippen molar-refractivity contribution in [3.05, 3.63) is 35.9 Å². The number of ether oxygens (including phenoxy) is 1. The lowest BCUT2D eigenvalue weighted by Crippen LogP contribution is -2.60. The number of amidine groups is 1. The van der Waals surface area contributed by atoms with Crippen LogP contribution < -0.4 is 16.4 Å². The molecule has 0 spiro atoms. The zero-order valence-electron chi connectivity index (χ0n) is 23.7. The van der Waals surface area contributed by atoms with Crippen molar-refractivity contribution in [3.63, 3.8) is 0 Å². The first-order valence-corrected chi connectivity index (χ1v) is 15.0. The molecular formula is C29H45N5O4S. The summed E-state index contributed by atoms with van der Waals surface area (Å²) in [5.41, 5.74) is 6.94. The van der Waals surface area contributed by atoms with E-state index in [2.05, 4.69) is 10.6 Å². The minimum atomic E-state index is -0.961. The van der Waals surface area contributed by atoms with Gasteiger partial charge in [-0.2, -0.15) is 0 Å². The maximum atomic E-state index is 14.2. The fourth-order valence-electron chi connectivity index (χ4n) is 5.30. The molecule has 1 saturated carbocycles. The number of alkyl carbamates (subject to hydrolysis) is 1. The second-order valence-electron chi connectivity index (χ2n) is 11.6. The Balaban J connectivity index is 1.80. The predicted molar refractivity (Wildman–Crippen MR) is 155 cm³/mol. The molecular weight excluding hydrogens is 514 g/mol. The molecule has 5 N–H and O–H groups in total. The summed E-state index contributed by atoms with van der Waals surface area (Å²) >= 11 is 1.55. The number of benzene rings is 1. The monoisotopic (exact) mass is 559 g/mol. The Labute approximate surface area is 236 Å². The Morgan fingerprint density at radius 3 is 2.44 bits per heavy atom. The maximum Gasteiger partial charge on any atom is 0.408 e. The molecule has 9 nitrogen and oxygen atoms in total. The van der Waals surface area contributed by atoms with Crippen molar-refractivity contribution in [2.75, 3.05) is 13.1 Å². The lowest BCUT2D eigenvalue weighted by atomic mass is 9.89. The molecule has 39 heavy (non-hydrogen) atoms. The number of hydrogen-bond acceptors (Lipinski definition) is 6. The van der Waals surface area contributed by atoms with Gasteiger partial charge in [-0.15, -0.1) is 11.8 Å². The highest BCUT2D eigenvalue weighted by Crippen LogP contribution is 2.34. The Morgan fingerprint density at radius 2 is 1.82 bits per heavy atom. The van der Waals surface area contributed by atoms with E-state index in [1.807, 2.05) is 44.2 Å². The molecule has 3 rings (SSSR count). The summed E-state index contributed by atoms with van der Waals surface area (Å²) in [6.07, 6.45) is 5.04. The zero-order chi connectivity index (χ0) is 28.6. The fourth-order valence-corrected chi connectivity index (χ4v) is 6.36. The summed E-state index contributed by atoms with van der Waals surface area (Å²) in [6.45, 7) is 8.06. The van der Waals surface area contributed by atoms with E-state index >= 15 is 0 Å². The fraction of sp³-hybridized carbons (Fsp3) is 0.655. The van der Waals surface area contributed by atoms with E-state index < -0.39 is 28.8 Å². The van der Waals surface area contributed by atoms with Gasteiger partial charge in [0.25, 0.3) is 0 Å². The highest BCUT2D eigenvalue weighted by atomic mass is 32.2. The molecule has 3 amide bonds. The number of nitrogens with zero attached hydrogens (tertiary/aromatic N) is 1. The van der Waals surface area contributed by atoms with Gasteiger partial charge >= 0.3 is 6.09 Å². The summed E-state index contributed by atoms with van der Waals surface area (Å²) in [7, 11) is 0. The van der Waals surface area contributed by atoms with Gasteiger partial charge in [0.05, 0.1) is 11.9 Å². The third-order valence-corrected chi connectivity index (χ3v) is 9.07. The standard InChI is InChI=1S/C29H45N5O4S/c1-19(2)38-28(37)33-24(29(3,4)39-18-21-13-9-6-10-14-21)27(36)34-17-22(25(30)31)15-23(34)26(35)32-16-20-11-7-5-8-12-20/h6,9-10,13-14,19-20,22-24H,5,7-8,11-12,15-18H2,1-4H3,(H3,30,31)(H,32,35)(H,33,37)/t22-,23+,24+/m1/s1. The van der Waals surface area contributed by atoms with Crippen LogP contribution in [0.3, 0.4) is 0 Å².